The highest BCUT2D eigenvalue weighted by Crippen LogP contribution is 2.35. The van der Waals surface area contributed by atoms with Crippen LogP contribution in [0.15, 0.2) is 115 Å². The lowest BCUT2D eigenvalue weighted by molar-refractivity contribution is -0.149. The summed E-state index contributed by atoms with van der Waals surface area (Å²) in [4.78, 5) is 73.7. The van der Waals surface area contributed by atoms with Crippen LogP contribution in [0.5, 0.6) is 11.5 Å². The van der Waals surface area contributed by atoms with Gasteiger partial charge in [0.05, 0.1) is 34.4 Å². The molecule has 14 nitrogen and oxygen atoms in total. The van der Waals surface area contributed by atoms with Crippen LogP contribution in [-0.4, -0.2) is 120 Å². The van der Waals surface area contributed by atoms with E-state index in [1.165, 1.54) is 19.3 Å². The van der Waals surface area contributed by atoms with Crippen LogP contribution >= 0.6 is 70.6 Å². The third-order valence-corrected chi connectivity index (χ3v) is 21.7. The van der Waals surface area contributed by atoms with Crippen LogP contribution in [-0.2, 0) is 77.3 Å². The van der Waals surface area contributed by atoms with E-state index >= 15 is 0 Å². The van der Waals surface area contributed by atoms with E-state index in [-0.39, 0.29) is 72.5 Å². The van der Waals surface area contributed by atoms with Gasteiger partial charge in [0.1, 0.15) is 51.1 Å². The molecule has 3 saturated carbocycles. The van der Waals surface area contributed by atoms with Gasteiger partial charge < -0.3 is 38.6 Å². The second-order valence-electron chi connectivity index (χ2n) is 22.9. The zero-order valence-corrected chi connectivity index (χ0v) is 57.7. The van der Waals surface area contributed by atoms with Gasteiger partial charge in [-0.05, 0) is 86.1 Å². The first-order chi connectivity index (χ1) is 45.0. The highest BCUT2D eigenvalue weighted by molar-refractivity contribution is 7.99. The van der Waals surface area contributed by atoms with E-state index in [0.717, 1.165) is 122 Å². The molecule has 0 atom stereocenters. The van der Waals surface area contributed by atoms with Gasteiger partial charge in [-0.15, -0.1) is 0 Å². The Labute approximate surface area is 569 Å². The molecule has 0 radical (unpaired) electrons. The summed E-state index contributed by atoms with van der Waals surface area (Å²) in [5, 5.41) is 22.3. The number of carbonyl (C=O) groups excluding carboxylic acids is 6. The largest absolute Gasteiger partial charge is 0.507 e. The fraction of sp³-hybridized carbons (Fsp3) is 0.500. The molecule has 5 aromatic carbocycles. The number of phenolic OH excluding ortho intramolecular Hbond substituents is 2. The lowest BCUT2D eigenvalue weighted by Crippen LogP contribution is -2.21. The van der Waals surface area contributed by atoms with Crippen LogP contribution in [0.3, 0.4) is 0 Å². The van der Waals surface area contributed by atoms with Crippen molar-refractivity contribution in [3.63, 3.8) is 0 Å². The molecule has 3 aliphatic rings. The van der Waals surface area contributed by atoms with Crippen molar-refractivity contribution in [1.82, 2.24) is 0 Å². The summed E-state index contributed by atoms with van der Waals surface area (Å²) in [6, 6.07) is 34.8. The molecule has 498 valence electrons. The molecular weight excluding hydrogens is 1280 g/mol. The molecule has 0 aromatic heterocycles. The van der Waals surface area contributed by atoms with E-state index in [0.29, 0.717) is 106 Å². The number of aromatic hydroxyl groups is 2. The maximum Gasteiger partial charge on any atom is 0.338 e. The van der Waals surface area contributed by atoms with Gasteiger partial charge >= 0.3 is 35.8 Å². The van der Waals surface area contributed by atoms with Gasteiger partial charge in [0.15, 0.2) is 0 Å². The molecule has 5 aromatic rings. The molecule has 92 heavy (non-hydrogen) atoms. The Morgan fingerprint density at radius 3 is 0.793 bits per heavy atom. The Bertz CT molecular complexity index is 2870. The van der Waals surface area contributed by atoms with Gasteiger partial charge in [0.25, 0.3) is 0 Å². The summed E-state index contributed by atoms with van der Waals surface area (Å²) in [7, 11) is 0. The molecule has 2 N–H and O–H groups in total. The summed E-state index contributed by atoms with van der Waals surface area (Å²) in [6.07, 6.45) is 16.0. The highest BCUT2D eigenvalue weighted by Gasteiger charge is 2.25. The van der Waals surface area contributed by atoms with Crippen LogP contribution in [0.4, 0.5) is 0 Å². The van der Waals surface area contributed by atoms with E-state index in [1.54, 1.807) is 143 Å². The molecule has 0 heterocycles. The molecule has 0 aliphatic heterocycles. The number of rotatable bonds is 36. The quantitative estimate of drug-likeness (QED) is 0.0218. The van der Waals surface area contributed by atoms with E-state index in [4.69, 9.17) is 28.4 Å². The first-order valence-corrected chi connectivity index (χ1v) is 39.2. The second-order valence-corrected chi connectivity index (χ2v) is 29.5. The number of hydrogen-bond donors (Lipinski definition) is 2. The van der Waals surface area contributed by atoms with Crippen LogP contribution in [0, 0.1) is 17.8 Å². The monoisotopic (exact) mass is 1370 g/mol. The highest BCUT2D eigenvalue weighted by atomic mass is 32.2. The first kappa shape index (κ1) is 74.0. The van der Waals surface area contributed by atoms with Crippen molar-refractivity contribution >= 4 is 106 Å². The van der Waals surface area contributed by atoms with Gasteiger partial charge in [-0.3, -0.25) is 14.4 Å². The van der Waals surface area contributed by atoms with E-state index in [2.05, 4.69) is 12.1 Å². The predicted octanol–water partition coefficient (Wildman–Crippen LogP) is 16.1. The SMILES string of the molecule is O=C(OCCSCc1cc(CSCCOC(=O)C2CCCCC2)c(O)c(CSCCOC(=O)C2CCCCC2)c1)C1CCCCC1.O=C(OCCSCc1cc(CSCCOC(=O)c2ccccc2)c(O)c(CSCCOC(=O)c2ccccc2)c1)c1ccccc1. The molecule has 3 aliphatic carbocycles. The number of benzene rings is 5. The lowest BCUT2D eigenvalue weighted by Gasteiger charge is -2.20. The normalized spacial score (nSPS) is 14.5. The van der Waals surface area contributed by atoms with Crippen molar-refractivity contribution in [1.29, 1.82) is 0 Å². The predicted molar refractivity (Wildman–Crippen MR) is 376 cm³/mol. The van der Waals surface area contributed by atoms with E-state index < -0.39 is 0 Å². The van der Waals surface area contributed by atoms with E-state index in [1.807, 2.05) is 30.3 Å². The third kappa shape index (κ3) is 27.5. The average molecular weight is 1370 g/mol. The zero-order valence-electron chi connectivity index (χ0n) is 52.8. The minimum atomic E-state index is -0.355. The minimum Gasteiger partial charge on any atom is -0.507 e. The molecule has 0 spiro atoms. The van der Waals surface area contributed by atoms with Crippen LogP contribution < -0.4 is 0 Å². The maximum atomic E-state index is 12.4. The van der Waals surface area contributed by atoms with Crippen LogP contribution in [0.2, 0.25) is 0 Å². The summed E-state index contributed by atoms with van der Waals surface area (Å²) in [5.74, 6) is 7.21. The van der Waals surface area contributed by atoms with Crippen molar-refractivity contribution in [2.45, 2.75) is 131 Å². The van der Waals surface area contributed by atoms with Gasteiger partial charge in [-0.1, -0.05) is 137 Å². The van der Waals surface area contributed by atoms with Gasteiger partial charge in [-0.25, -0.2) is 14.4 Å². The standard InChI is InChI=1S/C36H54O7S3.C36H36O7S3/c2*37-33-31(25-45-20-17-42-35(39)29-12-6-2-7-13-29)22-27(24-44-19-16-41-34(38)28-10-4-1-5-11-28)23-32(33)26-46-21-18-43-36(40)30-14-8-3-9-15-30/h22-23,28-30,37H,1-21,24-26H2;1-15,22-23,37H,16-21,24-26H2. The molecule has 0 amide bonds. The Kier molecular flexibility index (Phi) is 35.1. The number of esters is 6. The lowest BCUT2D eigenvalue weighted by atomic mass is 9.89. The molecule has 0 saturated heterocycles. The topological polar surface area (TPSA) is 198 Å². The number of thioether (sulfide) groups is 6. The fourth-order valence-corrected chi connectivity index (χ4v) is 15.5. The molecule has 3 fully saturated rings. The molecule has 0 unspecified atom stereocenters. The first-order valence-electron chi connectivity index (χ1n) is 32.3. The minimum absolute atomic E-state index is 0.0441. The Hall–Kier alpha value is -5.38. The maximum absolute atomic E-state index is 12.4. The molecular formula is C72H90O14S6. The van der Waals surface area contributed by atoms with Crippen molar-refractivity contribution in [3.8, 4) is 11.5 Å². The van der Waals surface area contributed by atoms with Crippen LogP contribution in [0.1, 0.15) is 161 Å². The summed E-state index contributed by atoms with van der Waals surface area (Å²) < 4.78 is 32.9. The number of hydrogen-bond acceptors (Lipinski definition) is 20. The Balaban J connectivity index is 0.000000261. The van der Waals surface area contributed by atoms with Gasteiger partial charge in [0, 0.05) is 91.3 Å². The number of ether oxygens (including phenoxy) is 6. The average Bonchev–Trinajstić information content (AvgIpc) is 1.59. The zero-order chi connectivity index (χ0) is 64.8. The van der Waals surface area contributed by atoms with E-state index in [9.17, 15) is 39.0 Å². The van der Waals surface area contributed by atoms with Crippen LogP contribution in [0.25, 0.3) is 0 Å². The van der Waals surface area contributed by atoms with Crippen molar-refractivity contribution in [2.75, 3.05) is 74.2 Å². The molecule has 20 heteroatoms. The number of phenols is 2. The fourth-order valence-electron chi connectivity index (χ4n) is 10.9. The molecule has 0 bridgehead atoms. The van der Waals surface area contributed by atoms with Gasteiger partial charge in [0.2, 0.25) is 0 Å². The van der Waals surface area contributed by atoms with Crippen molar-refractivity contribution in [2.24, 2.45) is 17.8 Å². The Morgan fingerprint density at radius 1 is 0.315 bits per heavy atom. The second kappa shape index (κ2) is 43.6. The van der Waals surface area contributed by atoms with Crippen molar-refractivity contribution in [3.05, 3.63) is 165 Å². The Morgan fingerprint density at radius 2 is 0.543 bits per heavy atom. The third-order valence-electron chi connectivity index (χ3n) is 15.9. The summed E-state index contributed by atoms with van der Waals surface area (Å²) in [5.41, 5.74) is 7.10. The molecule has 8 rings (SSSR count). The smallest absolute Gasteiger partial charge is 0.338 e. The summed E-state index contributed by atoms with van der Waals surface area (Å²) >= 11 is 9.84. The van der Waals surface area contributed by atoms with Crippen molar-refractivity contribution < 1.29 is 67.4 Å². The summed E-state index contributed by atoms with van der Waals surface area (Å²) in [6.45, 7) is 2.02. The van der Waals surface area contributed by atoms with Gasteiger partial charge in [-0.2, -0.15) is 70.6 Å². The number of carbonyl (C=O) groups is 6.